The van der Waals surface area contributed by atoms with Gasteiger partial charge in [0.15, 0.2) is 11.5 Å². The maximum atomic E-state index is 12.1. The lowest BCUT2D eigenvalue weighted by molar-refractivity contribution is 0.206. The molecule has 2 heterocycles. The van der Waals surface area contributed by atoms with Crippen molar-refractivity contribution in [1.82, 2.24) is 9.29 Å². The zero-order valence-electron chi connectivity index (χ0n) is 15.6. The Morgan fingerprint density at radius 3 is 2.50 bits per heavy atom. The number of carbonyl (C=O) groups excluding carboxylic acids is 1. The van der Waals surface area contributed by atoms with E-state index >= 15 is 0 Å². The lowest BCUT2D eigenvalue weighted by Gasteiger charge is -2.24. The number of nitrogens with zero attached hydrogens (tertiary/aromatic N) is 3. The first kappa shape index (κ1) is 20.0. The second-order valence-corrected chi connectivity index (χ2v) is 7.69. The molecule has 1 amide bonds. The van der Waals surface area contributed by atoms with Crippen LogP contribution in [-0.4, -0.2) is 64.2 Å². The van der Waals surface area contributed by atoms with Crippen LogP contribution in [0.3, 0.4) is 0 Å². The molecule has 0 saturated carbocycles. The number of benzene rings is 1. The quantitative estimate of drug-likeness (QED) is 0.777. The minimum Gasteiger partial charge on any atom is -0.493 e. The minimum absolute atomic E-state index is 0.159. The van der Waals surface area contributed by atoms with Crippen LogP contribution in [0.5, 0.6) is 11.5 Å². The number of hydrogen-bond acceptors (Lipinski definition) is 8. The first-order valence-corrected chi connectivity index (χ1v) is 9.97. The van der Waals surface area contributed by atoms with E-state index in [1.54, 1.807) is 26.5 Å². The van der Waals surface area contributed by atoms with Gasteiger partial charge < -0.3 is 24.3 Å². The maximum absolute atomic E-state index is 12.1. The number of anilines is 1. The summed E-state index contributed by atoms with van der Waals surface area (Å²) < 4.78 is 40.3. The number of pyridine rings is 1. The molecule has 2 N–H and O–H groups in total. The predicted molar refractivity (Wildman–Crippen MR) is 103 cm³/mol. The van der Waals surface area contributed by atoms with Crippen molar-refractivity contribution < 1.29 is 26.9 Å². The molecule has 11 heteroatoms. The summed E-state index contributed by atoms with van der Waals surface area (Å²) in [4.78, 5) is 17.3. The lowest BCUT2D eigenvalue weighted by atomic mass is 10.1. The summed E-state index contributed by atoms with van der Waals surface area (Å²) >= 11 is 0. The van der Waals surface area contributed by atoms with Crippen LogP contribution in [0.15, 0.2) is 24.4 Å². The van der Waals surface area contributed by atoms with Crippen molar-refractivity contribution in [3.8, 4) is 11.5 Å². The van der Waals surface area contributed by atoms with Crippen molar-refractivity contribution in [2.24, 2.45) is 5.73 Å². The second-order valence-electron chi connectivity index (χ2n) is 6.15. The third-order valence-electron chi connectivity index (χ3n) is 4.52. The Bertz CT molecular complexity index is 981. The molecule has 152 valence electrons. The van der Waals surface area contributed by atoms with Gasteiger partial charge in [0.1, 0.15) is 0 Å². The fourth-order valence-corrected chi connectivity index (χ4v) is 4.22. The van der Waals surface area contributed by atoms with Crippen molar-refractivity contribution in [1.29, 1.82) is 0 Å². The van der Waals surface area contributed by atoms with Gasteiger partial charge in [0.05, 0.1) is 19.7 Å². The van der Waals surface area contributed by atoms with Crippen molar-refractivity contribution in [3.63, 3.8) is 0 Å². The average Bonchev–Trinajstić information content (AvgIpc) is 2.92. The van der Waals surface area contributed by atoms with Gasteiger partial charge >= 0.3 is 16.4 Å². The first-order chi connectivity index (χ1) is 13.4. The monoisotopic (exact) mass is 410 g/mol. The second kappa shape index (κ2) is 8.07. The Labute approximate surface area is 163 Å². The van der Waals surface area contributed by atoms with Gasteiger partial charge in [-0.05, 0) is 18.6 Å². The zero-order chi connectivity index (χ0) is 20.3. The third-order valence-corrected chi connectivity index (χ3v) is 5.90. The summed E-state index contributed by atoms with van der Waals surface area (Å²) in [5.74, 6) is 1.16. The molecule has 0 unspecified atom stereocenters. The summed E-state index contributed by atoms with van der Waals surface area (Å²) in [5, 5.41) is 0.866. The number of ether oxygens (including phenoxy) is 2. The van der Waals surface area contributed by atoms with Gasteiger partial charge in [0, 0.05) is 49.5 Å². The van der Waals surface area contributed by atoms with E-state index in [0.29, 0.717) is 31.0 Å². The molecule has 0 spiro atoms. The van der Waals surface area contributed by atoms with Crippen LogP contribution in [0.4, 0.5) is 10.5 Å². The number of aromatic nitrogens is 1. The Hall–Kier alpha value is -2.79. The van der Waals surface area contributed by atoms with E-state index < -0.39 is 16.4 Å². The summed E-state index contributed by atoms with van der Waals surface area (Å²) in [6.45, 7) is 1.42. The Morgan fingerprint density at radius 2 is 1.82 bits per heavy atom. The van der Waals surface area contributed by atoms with E-state index in [1.807, 2.05) is 12.1 Å². The SMILES string of the molecule is COc1cc2nccc(N3CCCN(S(=O)(=O)OC(N)=O)CC3)c2cc1OC. The number of nitrogens with two attached hydrogens (primary N) is 1. The molecule has 0 bridgehead atoms. The van der Waals surface area contributed by atoms with Gasteiger partial charge in [-0.3, -0.25) is 4.98 Å². The van der Waals surface area contributed by atoms with E-state index in [0.717, 1.165) is 20.9 Å². The van der Waals surface area contributed by atoms with E-state index in [2.05, 4.69) is 14.1 Å². The smallest absolute Gasteiger partial charge is 0.421 e. The molecule has 1 aliphatic rings. The number of methoxy groups -OCH3 is 2. The van der Waals surface area contributed by atoms with E-state index in [-0.39, 0.29) is 13.1 Å². The minimum atomic E-state index is -4.19. The van der Waals surface area contributed by atoms with Crippen molar-refractivity contribution in [2.75, 3.05) is 45.3 Å². The lowest BCUT2D eigenvalue weighted by Crippen LogP contribution is -2.38. The summed E-state index contributed by atoms with van der Waals surface area (Å²) in [6, 6.07) is 5.53. The van der Waals surface area contributed by atoms with Gasteiger partial charge in [0.25, 0.3) is 0 Å². The molecule has 0 aliphatic carbocycles. The molecule has 1 aromatic heterocycles. The van der Waals surface area contributed by atoms with Crippen LogP contribution < -0.4 is 20.1 Å². The number of rotatable bonds is 5. The van der Waals surface area contributed by atoms with E-state index in [4.69, 9.17) is 15.2 Å². The van der Waals surface area contributed by atoms with Gasteiger partial charge in [-0.1, -0.05) is 0 Å². The van der Waals surface area contributed by atoms with Gasteiger partial charge in [-0.2, -0.15) is 12.7 Å². The molecular weight excluding hydrogens is 388 g/mol. The number of carbonyl (C=O) groups is 1. The molecule has 0 radical (unpaired) electrons. The molecule has 1 aromatic carbocycles. The Morgan fingerprint density at radius 1 is 1.11 bits per heavy atom. The highest BCUT2D eigenvalue weighted by Crippen LogP contribution is 2.36. The summed E-state index contributed by atoms with van der Waals surface area (Å²) in [5.41, 5.74) is 6.49. The van der Waals surface area contributed by atoms with E-state index in [9.17, 15) is 13.2 Å². The van der Waals surface area contributed by atoms with Crippen LogP contribution in [0.1, 0.15) is 6.42 Å². The molecule has 10 nitrogen and oxygen atoms in total. The molecular formula is C17H22N4O6S. The molecule has 2 aromatic rings. The highest BCUT2D eigenvalue weighted by molar-refractivity contribution is 7.84. The van der Waals surface area contributed by atoms with Crippen LogP contribution in [0, 0.1) is 0 Å². The van der Waals surface area contributed by atoms with Crippen LogP contribution in [0.2, 0.25) is 0 Å². The fraction of sp³-hybridized carbons (Fsp3) is 0.412. The predicted octanol–water partition coefficient (Wildman–Crippen LogP) is 1.10. The largest absolute Gasteiger partial charge is 0.493 e. The topological polar surface area (TPSA) is 124 Å². The van der Waals surface area contributed by atoms with Crippen molar-refractivity contribution >= 4 is 33.0 Å². The highest BCUT2D eigenvalue weighted by atomic mass is 32.2. The van der Waals surface area contributed by atoms with Crippen LogP contribution in [0.25, 0.3) is 10.9 Å². The number of fused-ring (bicyclic) bond motifs is 1. The van der Waals surface area contributed by atoms with Gasteiger partial charge in [0.2, 0.25) is 0 Å². The summed E-state index contributed by atoms with van der Waals surface area (Å²) in [6.07, 6.45) is 0.903. The molecule has 3 rings (SSSR count). The van der Waals surface area contributed by atoms with Crippen LogP contribution in [-0.2, 0) is 14.5 Å². The fourth-order valence-electron chi connectivity index (χ4n) is 3.25. The van der Waals surface area contributed by atoms with Crippen molar-refractivity contribution in [3.05, 3.63) is 24.4 Å². The molecule has 28 heavy (non-hydrogen) atoms. The van der Waals surface area contributed by atoms with Gasteiger partial charge in [-0.15, -0.1) is 0 Å². The highest BCUT2D eigenvalue weighted by Gasteiger charge is 2.28. The number of amides is 1. The number of hydrogen-bond donors (Lipinski definition) is 1. The zero-order valence-corrected chi connectivity index (χ0v) is 16.4. The first-order valence-electron chi connectivity index (χ1n) is 8.60. The Kier molecular flexibility index (Phi) is 5.75. The van der Waals surface area contributed by atoms with Crippen LogP contribution >= 0.6 is 0 Å². The molecule has 1 saturated heterocycles. The standard InChI is InChI=1S/C17H22N4O6S/c1-25-15-10-12-13(11-16(15)26-2)19-5-4-14(12)20-6-3-7-21(9-8-20)28(23,24)27-17(18)22/h4-5,10-11H,3,6-9H2,1-2H3,(H2,18,22). The van der Waals surface area contributed by atoms with Crippen molar-refractivity contribution in [2.45, 2.75) is 6.42 Å². The third kappa shape index (κ3) is 4.04. The normalized spacial score (nSPS) is 15.9. The number of primary amides is 1. The maximum Gasteiger partial charge on any atom is 0.421 e. The molecule has 1 aliphatic heterocycles. The Balaban J connectivity index is 1.90. The molecule has 1 fully saturated rings. The summed E-state index contributed by atoms with van der Waals surface area (Å²) in [7, 11) is -1.07. The average molecular weight is 410 g/mol. The van der Waals surface area contributed by atoms with Gasteiger partial charge in [-0.25, -0.2) is 4.79 Å². The molecule has 0 atom stereocenters. The van der Waals surface area contributed by atoms with E-state index in [1.165, 1.54) is 0 Å².